The maximum absolute atomic E-state index is 12.4. The Hall–Kier alpha value is -3.00. The van der Waals surface area contributed by atoms with E-state index in [0.29, 0.717) is 23.2 Å². The number of carbonyl (C=O) groups is 1. The Labute approximate surface area is 181 Å². The lowest BCUT2D eigenvalue weighted by Crippen LogP contribution is -2.45. The van der Waals surface area contributed by atoms with E-state index in [-0.39, 0.29) is 17.4 Å². The summed E-state index contributed by atoms with van der Waals surface area (Å²) in [6.07, 6.45) is 1.58. The van der Waals surface area contributed by atoms with Crippen LogP contribution in [0.5, 0.6) is 0 Å². The van der Waals surface area contributed by atoms with Gasteiger partial charge < -0.3 is 19.5 Å². The molecular weight excluding hydrogens is 394 g/mol. The minimum Gasteiger partial charge on any atom is -0.460 e. The third-order valence-electron chi connectivity index (χ3n) is 5.55. The lowest BCUT2D eigenvalue weighted by molar-refractivity contribution is -0.161. The van der Waals surface area contributed by atoms with Crippen LogP contribution in [0.1, 0.15) is 33.6 Å². The van der Waals surface area contributed by atoms with Crippen molar-refractivity contribution in [2.75, 3.05) is 31.1 Å². The Kier molecular flexibility index (Phi) is 5.66. The highest BCUT2D eigenvalue weighted by Crippen LogP contribution is 2.33. The van der Waals surface area contributed by atoms with E-state index < -0.39 is 5.60 Å². The Bertz CT molecular complexity index is 1140. The highest BCUT2D eigenvalue weighted by molar-refractivity contribution is 5.75. The smallest absolute Gasteiger partial charge is 0.309 e. The fourth-order valence-corrected chi connectivity index (χ4v) is 4.06. The quantitative estimate of drug-likeness (QED) is 0.752. The predicted octanol–water partition coefficient (Wildman–Crippen LogP) is 1.64. The van der Waals surface area contributed by atoms with Gasteiger partial charge in [0.05, 0.1) is 17.3 Å². The number of aromatic amines is 1. The van der Waals surface area contributed by atoms with Crippen LogP contribution in [-0.2, 0) is 9.53 Å². The Morgan fingerprint density at radius 1 is 1.23 bits per heavy atom. The number of ether oxygens (including phenoxy) is 1. The molecule has 0 saturated carbocycles. The van der Waals surface area contributed by atoms with Gasteiger partial charge in [-0.3, -0.25) is 9.59 Å². The zero-order valence-corrected chi connectivity index (χ0v) is 18.4. The number of piperidine rings is 1. The molecule has 1 aromatic heterocycles. The minimum atomic E-state index is -0.452. The zero-order chi connectivity index (χ0) is 22.2. The van der Waals surface area contributed by atoms with Crippen LogP contribution in [0.3, 0.4) is 0 Å². The number of likely N-dealkylation sites (tertiary alicyclic amines) is 1. The molecule has 0 radical (unpaired) electrons. The number of fused-ring (bicyclic) bond motifs is 2. The van der Waals surface area contributed by atoms with Crippen molar-refractivity contribution in [3.8, 4) is 0 Å². The molecule has 31 heavy (non-hydrogen) atoms. The second-order valence-corrected chi connectivity index (χ2v) is 9.09. The van der Waals surface area contributed by atoms with Crippen molar-refractivity contribution in [1.29, 1.82) is 0 Å². The Morgan fingerprint density at radius 3 is 2.65 bits per heavy atom. The number of H-pyrrole nitrogens is 1. The second kappa shape index (κ2) is 8.26. The number of anilines is 2. The normalized spacial score (nSPS) is 16.9. The summed E-state index contributed by atoms with van der Waals surface area (Å²) in [5, 5.41) is 0.315. The first kappa shape index (κ1) is 21.2. The van der Waals surface area contributed by atoms with E-state index in [9.17, 15) is 9.59 Å². The van der Waals surface area contributed by atoms with Gasteiger partial charge in [-0.1, -0.05) is 18.7 Å². The zero-order valence-electron chi connectivity index (χ0n) is 18.4. The first-order chi connectivity index (χ1) is 14.7. The molecule has 1 N–H and O–H groups in total. The van der Waals surface area contributed by atoms with Crippen LogP contribution >= 0.6 is 0 Å². The number of para-hydroxylation sites is 2. The van der Waals surface area contributed by atoms with Gasteiger partial charge in [-0.15, -0.1) is 0 Å². The number of hydrogen-bond acceptors (Lipinski definition) is 7. The van der Waals surface area contributed by atoms with E-state index in [4.69, 9.17) is 4.74 Å². The monoisotopic (exact) mass is 423 g/mol. The van der Waals surface area contributed by atoms with Crippen LogP contribution in [0.15, 0.2) is 34.1 Å². The number of benzene rings is 1. The van der Waals surface area contributed by atoms with Crippen molar-refractivity contribution in [2.24, 2.45) is 10.9 Å². The molecule has 0 spiro atoms. The fraction of sp³-hybridized carbons (Fsp3) is 0.478. The summed E-state index contributed by atoms with van der Waals surface area (Å²) in [5.41, 5.74) is 1.26. The molecule has 2 aliphatic rings. The molecule has 1 fully saturated rings. The van der Waals surface area contributed by atoms with Crippen molar-refractivity contribution in [2.45, 2.75) is 39.2 Å². The van der Waals surface area contributed by atoms with Gasteiger partial charge >= 0.3 is 5.97 Å². The third-order valence-corrected chi connectivity index (χ3v) is 5.55. The number of rotatable bonds is 4. The molecule has 0 bridgehead atoms. The Morgan fingerprint density at radius 2 is 1.94 bits per heavy atom. The van der Waals surface area contributed by atoms with Crippen LogP contribution in [0.25, 0.3) is 6.58 Å². The van der Waals surface area contributed by atoms with E-state index >= 15 is 0 Å². The van der Waals surface area contributed by atoms with Crippen molar-refractivity contribution in [3.05, 3.63) is 45.5 Å². The van der Waals surface area contributed by atoms with Gasteiger partial charge in [0, 0.05) is 13.1 Å². The molecule has 0 aliphatic carbocycles. The number of hydrogen-bond donors (Lipinski definition) is 1. The number of esters is 1. The largest absolute Gasteiger partial charge is 0.460 e. The maximum atomic E-state index is 12.4. The van der Waals surface area contributed by atoms with Gasteiger partial charge in [0.2, 0.25) is 0 Å². The minimum absolute atomic E-state index is 0.0420. The number of nitrogens with zero attached hydrogens (tertiary/aromatic N) is 4. The SMILES string of the molecule is C=c1nc2c(c(=O)[nH]1)=Nc1ccccc1N2CCN1CCC(C(=O)OC(C)(C)C)CC1. The van der Waals surface area contributed by atoms with Gasteiger partial charge in [0.15, 0.2) is 11.2 Å². The lowest BCUT2D eigenvalue weighted by Gasteiger charge is -2.34. The molecule has 0 atom stereocenters. The molecule has 2 aliphatic heterocycles. The average Bonchev–Trinajstić information content (AvgIpc) is 2.71. The van der Waals surface area contributed by atoms with Gasteiger partial charge in [0.25, 0.3) is 5.56 Å². The molecule has 1 saturated heterocycles. The molecule has 3 heterocycles. The van der Waals surface area contributed by atoms with E-state index in [2.05, 4.69) is 26.4 Å². The summed E-state index contributed by atoms with van der Waals surface area (Å²) >= 11 is 0. The van der Waals surface area contributed by atoms with Crippen LogP contribution in [0.2, 0.25) is 0 Å². The van der Waals surface area contributed by atoms with Crippen LogP contribution in [0, 0.1) is 5.92 Å². The summed E-state index contributed by atoms with van der Waals surface area (Å²) < 4.78 is 5.55. The van der Waals surface area contributed by atoms with Gasteiger partial charge in [0.1, 0.15) is 11.1 Å². The van der Waals surface area contributed by atoms with Crippen molar-refractivity contribution in [1.82, 2.24) is 14.9 Å². The number of nitrogens with one attached hydrogen (secondary N) is 1. The first-order valence-corrected chi connectivity index (χ1v) is 10.7. The summed E-state index contributed by atoms with van der Waals surface area (Å²) in [7, 11) is 0. The highest BCUT2D eigenvalue weighted by atomic mass is 16.6. The van der Waals surface area contributed by atoms with E-state index in [1.165, 1.54) is 0 Å². The number of carbonyl (C=O) groups excluding carboxylic acids is 1. The maximum Gasteiger partial charge on any atom is 0.309 e. The van der Waals surface area contributed by atoms with Gasteiger partial charge in [-0.25, -0.2) is 9.98 Å². The summed E-state index contributed by atoms with van der Waals surface area (Å²) in [6, 6.07) is 7.75. The molecule has 2 aromatic rings. The fourth-order valence-electron chi connectivity index (χ4n) is 4.06. The molecule has 1 aromatic carbocycles. The Balaban J connectivity index is 1.47. The summed E-state index contributed by atoms with van der Waals surface area (Å²) in [4.78, 5) is 40.8. The van der Waals surface area contributed by atoms with Crippen molar-refractivity contribution in [3.63, 3.8) is 0 Å². The average molecular weight is 424 g/mol. The van der Waals surface area contributed by atoms with Crippen molar-refractivity contribution < 1.29 is 9.53 Å². The molecular formula is C23H29N5O3. The molecule has 8 nitrogen and oxygen atoms in total. The molecule has 164 valence electrons. The summed E-state index contributed by atoms with van der Waals surface area (Å²) in [6.45, 7) is 12.6. The van der Waals surface area contributed by atoms with Crippen LogP contribution < -0.4 is 21.3 Å². The topological polar surface area (TPSA) is 90.9 Å². The molecule has 8 heteroatoms. The van der Waals surface area contributed by atoms with E-state index in [0.717, 1.165) is 43.9 Å². The van der Waals surface area contributed by atoms with Gasteiger partial charge in [-0.2, -0.15) is 0 Å². The predicted molar refractivity (Wildman–Crippen MR) is 119 cm³/mol. The van der Waals surface area contributed by atoms with Crippen LogP contribution in [0.4, 0.5) is 17.2 Å². The standard InChI is InChI=1S/C23H29N5O3/c1-15-24-20-19(21(29)25-15)26-17-7-5-6-8-18(17)28(20)14-13-27-11-9-16(10-12-27)22(30)31-23(2,3)4/h5-8,16H,1,9-14H2,2-4H3,(H,25,29). The first-order valence-electron chi connectivity index (χ1n) is 10.7. The number of aromatic nitrogens is 2. The molecule has 0 unspecified atom stereocenters. The third kappa shape index (κ3) is 4.69. The highest BCUT2D eigenvalue weighted by Gasteiger charge is 2.30. The second-order valence-electron chi connectivity index (χ2n) is 9.09. The van der Waals surface area contributed by atoms with Crippen LogP contribution in [-0.4, -0.2) is 52.6 Å². The molecule has 4 rings (SSSR count). The van der Waals surface area contributed by atoms with Crippen molar-refractivity contribution >= 4 is 29.7 Å². The lowest BCUT2D eigenvalue weighted by atomic mass is 9.96. The van der Waals surface area contributed by atoms with E-state index in [1.54, 1.807) is 0 Å². The summed E-state index contributed by atoms with van der Waals surface area (Å²) in [5.74, 6) is 0.398. The van der Waals surface area contributed by atoms with Gasteiger partial charge in [-0.05, 0) is 58.8 Å². The van der Waals surface area contributed by atoms with E-state index in [1.807, 2.05) is 49.9 Å². The molecule has 0 amide bonds.